The first-order chi connectivity index (χ1) is 8.41. The molecule has 1 fully saturated rings. The number of piperidine rings is 1. The summed E-state index contributed by atoms with van der Waals surface area (Å²) in [4.78, 5) is 0.321. The molecule has 18 heavy (non-hydrogen) atoms. The average Bonchev–Trinajstić information content (AvgIpc) is 2.28. The molecule has 0 bridgehead atoms. The van der Waals surface area contributed by atoms with Gasteiger partial charge in [0.05, 0.1) is 4.90 Å². The second-order valence-electron chi connectivity index (χ2n) is 4.70. The molecular formula is C12H17BrN2O2S. The number of benzene rings is 1. The number of nitrogens with two attached hydrogens (primary N) is 1. The van der Waals surface area contributed by atoms with Crippen LogP contribution in [-0.4, -0.2) is 31.9 Å². The van der Waals surface area contributed by atoms with Crippen molar-refractivity contribution in [2.75, 3.05) is 13.1 Å². The summed E-state index contributed by atoms with van der Waals surface area (Å²) >= 11 is 3.33. The highest BCUT2D eigenvalue weighted by Crippen LogP contribution is 2.27. The predicted octanol–water partition coefficient (Wildman–Crippen LogP) is 1.87. The molecule has 1 heterocycles. The zero-order valence-electron chi connectivity index (χ0n) is 10.3. The fourth-order valence-electron chi connectivity index (χ4n) is 2.15. The molecule has 0 aromatic heterocycles. The molecule has 1 aliphatic rings. The van der Waals surface area contributed by atoms with Crippen molar-refractivity contribution in [3.63, 3.8) is 0 Å². The summed E-state index contributed by atoms with van der Waals surface area (Å²) in [7, 11) is -3.44. The minimum atomic E-state index is -3.44. The first-order valence-electron chi connectivity index (χ1n) is 5.93. The molecule has 100 valence electrons. The van der Waals surface area contributed by atoms with E-state index in [-0.39, 0.29) is 6.04 Å². The average molecular weight is 333 g/mol. The molecule has 4 nitrogen and oxygen atoms in total. The van der Waals surface area contributed by atoms with Crippen LogP contribution in [0.3, 0.4) is 0 Å². The van der Waals surface area contributed by atoms with Crippen LogP contribution in [0.1, 0.15) is 18.4 Å². The number of hydrogen-bond acceptors (Lipinski definition) is 3. The van der Waals surface area contributed by atoms with Gasteiger partial charge < -0.3 is 5.73 Å². The maximum Gasteiger partial charge on any atom is 0.244 e. The van der Waals surface area contributed by atoms with E-state index < -0.39 is 10.0 Å². The summed E-state index contributed by atoms with van der Waals surface area (Å²) in [5, 5.41) is 0. The van der Waals surface area contributed by atoms with E-state index in [0.717, 1.165) is 18.4 Å². The summed E-state index contributed by atoms with van der Waals surface area (Å²) in [6, 6.07) is 5.21. The molecule has 0 saturated carbocycles. The van der Waals surface area contributed by atoms with Gasteiger partial charge in [0.2, 0.25) is 10.0 Å². The van der Waals surface area contributed by atoms with E-state index in [4.69, 9.17) is 5.73 Å². The topological polar surface area (TPSA) is 63.4 Å². The third kappa shape index (κ3) is 2.77. The van der Waals surface area contributed by atoms with Crippen molar-refractivity contribution < 1.29 is 8.42 Å². The fourth-order valence-corrected chi connectivity index (χ4v) is 4.83. The van der Waals surface area contributed by atoms with Crippen LogP contribution in [-0.2, 0) is 10.0 Å². The van der Waals surface area contributed by atoms with E-state index >= 15 is 0 Å². The maximum absolute atomic E-state index is 12.5. The molecule has 1 saturated heterocycles. The van der Waals surface area contributed by atoms with E-state index in [2.05, 4.69) is 15.9 Å². The van der Waals surface area contributed by atoms with Crippen LogP contribution in [0.2, 0.25) is 0 Å². The van der Waals surface area contributed by atoms with Gasteiger partial charge in [0.15, 0.2) is 0 Å². The Morgan fingerprint density at radius 1 is 1.44 bits per heavy atom. The molecule has 0 amide bonds. The normalized spacial score (nSPS) is 22.1. The van der Waals surface area contributed by atoms with Crippen LogP contribution in [0.5, 0.6) is 0 Å². The van der Waals surface area contributed by atoms with Crippen LogP contribution < -0.4 is 5.73 Å². The van der Waals surface area contributed by atoms with Gasteiger partial charge in [-0.15, -0.1) is 0 Å². The van der Waals surface area contributed by atoms with Gasteiger partial charge >= 0.3 is 0 Å². The highest BCUT2D eigenvalue weighted by molar-refractivity contribution is 9.10. The fraction of sp³-hybridized carbons (Fsp3) is 0.500. The number of hydrogen-bond donors (Lipinski definition) is 1. The van der Waals surface area contributed by atoms with Crippen molar-refractivity contribution in [2.24, 2.45) is 5.73 Å². The predicted molar refractivity (Wildman–Crippen MR) is 74.8 cm³/mol. The molecule has 0 radical (unpaired) electrons. The van der Waals surface area contributed by atoms with Gasteiger partial charge in [-0.25, -0.2) is 8.42 Å². The van der Waals surface area contributed by atoms with Crippen molar-refractivity contribution in [3.8, 4) is 0 Å². The van der Waals surface area contributed by atoms with E-state index in [9.17, 15) is 8.42 Å². The van der Waals surface area contributed by atoms with Crippen molar-refractivity contribution in [1.29, 1.82) is 0 Å². The molecule has 0 unspecified atom stereocenters. The Morgan fingerprint density at radius 2 is 2.17 bits per heavy atom. The minimum Gasteiger partial charge on any atom is -0.327 e. The summed E-state index contributed by atoms with van der Waals surface area (Å²) < 4.78 is 27.1. The Hall–Kier alpha value is -0.430. The van der Waals surface area contributed by atoms with Gasteiger partial charge in [0.1, 0.15) is 0 Å². The van der Waals surface area contributed by atoms with Crippen LogP contribution in [0.4, 0.5) is 0 Å². The van der Waals surface area contributed by atoms with Gasteiger partial charge in [-0.1, -0.05) is 6.07 Å². The monoisotopic (exact) mass is 332 g/mol. The van der Waals surface area contributed by atoms with Crippen molar-refractivity contribution in [2.45, 2.75) is 30.7 Å². The summed E-state index contributed by atoms with van der Waals surface area (Å²) in [6.45, 7) is 2.89. The van der Waals surface area contributed by atoms with Crippen LogP contribution in [0, 0.1) is 6.92 Å². The second kappa shape index (κ2) is 5.28. The Labute approximate surface area is 116 Å². The molecule has 1 aromatic carbocycles. The first-order valence-corrected chi connectivity index (χ1v) is 8.16. The van der Waals surface area contributed by atoms with Crippen LogP contribution in [0.15, 0.2) is 27.6 Å². The number of halogens is 1. The van der Waals surface area contributed by atoms with Crippen LogP contribution >= 0.6 is 15.9 Å². The van der Waals surface area contributed by atoms with Crippen LogP contribution in [0.25, 0.3) is 0 Å². The number of nitrogens with zero attached hydrogens (tertiary/aromatic N) is 1. The standard InChI is InChI=1S/C12H17BrN2O2S/c1-9-4-5-12(11(13)7-9)18(16,17)15-6-2-3-10(14)8-15/h4-5,7,10H,2-3,6,8,14H2,1H3/t10-/m0/s1. The van der Waals surface area contributed by atoms with Crippen molar-refractivity contribution >= 4 is 26.0 Å². The Morgan fingerprint density at radius 3 is 2.78 bits per heavy atom. The smallest absolute Gasteiger partial charge is 0.244 e. The third-order valence-corrected chi connectivity index (χ3v) is 5.97. The van der Waals surface area contributed by atoms with Gasteiger partial charge in [0, 0.05) is 23.6 Å². The number of rotatable bonds is 2. The largest absolute Gasteiger partial charge is 0.327 e. The molecule has 1 aliphatic heterocycles. The lowest BCUT2D eigenvalue weighted by atomic mass is 10.1. The molecule has 0 aliphatic carbocycles. The highest BCUT2D eigenvalue weighted by atomic mass is 79.9. The molecule has 0 spiro atoms. The quantitative estimate of drug-likeness (QED) is 0.899. The summed E-state index contributed by atoms with van der Waals surface area (Å²) in [6.07, 6.45) is 1.71. The first kappa shape index (κ1) is 14.0. The third-order valence-electron chi connectivity index (χ3n) is 3.13. The lowest BCUT2D eigenvalue weighted by Crippen LogP contribution is -2.45. The van der Waals surface area contributed by atoms with Gasteiger partial charge in [-0.3, -0.25) is 0 Å². The summed E-state index contributed by atoms with van der Waals surface area (Å²) in [5.41, 5.74) is 6.87. The van der Waals surface area contributed by atoms with Crippen molar-refractivity contribution in [1.82, 2.24) is 4.31 Å². The van der Waals surface area contributed by atoms with E-state index in [0.29, 0.717) is 22.5 Å². The lowest BCUT2D eigenvalue weighted by molar-refractivity contribution is 0.316. The number of aryl methyl sites for hydroxylation is 1. The van der Waals surface area contributed by atoms with E-state index in [1.807, 2.05) is 19.1 Å². The Kier molecular flexibility index (Phi) is 4.11. The molecular weight excluding hydrogens is 316 g/mol. The van der Waals surface area contributed by atoms with Gasteiger partial charge in [-0.05, 0) is 53.4 Å². The van der Waals surface area contributed by atoms with Gasteiger partial charge in [0.25, 0.3) is 0 Å². The minimum absolute atomic E-state index is 0.0576. The zero-order valence-corrected chi connectivity index (χ0v) is 12.7. The molecule has 6 heteroatoms. The zero-order chi connectivity index (χ0) is 13.3. The second-order valence-corrected chi connectivity index (χ2v) is 7.46. The van der Waals surface area contributed by atoms with E-state index in [1.54, 1.807) is 6.07 Å². The summed E-state index contributed by atoms with van der Waals surface area (Å²) in [5.74, 6) is 0. The molecule has 1 aromatic rings. The van der Waals surface area contributed by atoms with Gasteiger partial charge in [-0.2, -0.15) is 4.31 Å². The Bertz CT molecular complexity index is 545. The molecule has 2 rings (SSSR count). The lowest BCUT2D eigenvalue weighted by Gasteiger charge is -2.30. The maximum atomic E-state index is 12.5. The van der Waals surface area contributed by atoms with Crippen molar-refractivity contribution in [3.05, 3.63) is 28.2 Å². The molecule has 2 N–H and O–H groups in total. The highest BCUT2D eigenvalue weighted by Gasteiger charge is 2.30. The SMILES string of the molecule is Cc1ccc(S(=O)(=O)N2CCC[C@H](N)C2)c(Br)c1. The Balaban J connectivity index is 2.35. The molecule has 1 atom stereocenters. The van der Waals surface area contributed by atoms with E-state index in [1.165, 1.54) is 4.31 Å². The number of sulfonamides is 1.